The van der Waals surface area contributed by atoms with Gasteiger partial charge in [-0.2, -0.15) is 0 Å². The highest BCUT2D eigenvalue weighted by molar-refractivity contribution is 7.26. The van der Waals surface area contributed by atoms with E-state index in [9.17, 15) is 0 Å². The normalized spacial score (nSPS) is 13.1. The van der Waals surface area contributed by atoms with Crippen molar-refractivity contribution in [1.29, 1.82) is 0 Å². The number of hydrogen-bond donors (Lipinski definition) is 0. The van der Waals surface area contributed by atoms with Gasteiger partial charge in [0.25, 0.3) is 0 Å². The first-order valence-electron chi connectivity index (χ1n) is 17.7. The smallest absolute Gasteiger partial charge is 0.0561 e. The van der Waals surface area contributed by atoms with E-state index in [1.165, 1.54) is 86.8 Å². The van der Waals surface area contributed by atoms with Crippen molar-refractivity contribution in [2.24, 2.45) is 0 Å². The topological polar surface area (TPSA) is 3.24 Å². The van der Waals surface area contributed by atoms with Crippen molar-refractivity contribution >= 4 is 59.3 Å². The molecule has 0 aliphatic heterocycles. The fraction of sp³-hybridized carbons (Fsp3) is 0.0612. The maximum atomic E-state index is 2.50. The molecule has 1 aromatic heterocycles. The lowest BCUT2D eigenvalue weighted by Crippen LogP contribution is -2.16. The number of thiophene rings is 1. The molecule has 1 aliphatic rings. The lowest BCUT2D eigenvalue weighted by atomic mass is 9.82. The van der Waals surface area contributed by atoms with Gasteiger partial charge < -0.3 is 4.90 Å². The van der Waals surface area contributed by atoms with Gasteiger partial charge >= 0.3 is 0 Å². The Morgan fingerprint density at radius 1 is 0.451 bits per heavy atom. The molecule has 51 heavy (non-hydrogen) atoms. The minimum absolute atomic E-state index is 0.105. The summed E-state index contributed by atoms with van der Waals surface area (Å²) in [5.74, 6) is 0. The first kappa shape index (κ1) is 29.9. The molecule has 0 N–H and O–H groups in total. The molecule has 0 amide bonds. The van der Waals surface area contributed by atoms with Crippen molar-refractivity contribution in [2.45, 2.75) is 19.3 Å². The average Bonchev–Trinajstić information content (AvgIpc) is 3.69. The fourth-order valence-corrected chi connectivity index (χ4v) is 9.52. The van der Waals surface area contributed by atoms with Crippen LogP contribution in [0, 0.1) is 0 Å². The molecular formula is C49H35NS. The van der Waals surface area contributed by atoms with E-state index in [4.69, 9.17) is 0 Å². The highest BCUT2D eigenvalue weighted by Crippen LogP contribution is 2.53. The zero-order valence-electron chi connectivity index (χ0n) is 28.6. The van der Waals surface area contributed by atoms with Crippen LogP contribution in [0.2, 0.25) is 0 Å². The molecule has 1 aliphatic carbocycles. The van der Waals surface area contributed by atoms with Crippen LogP contribution in [-0.4, -0.2) is 0 Å². The number of fused-ring (bicyclic) bond motifs is 8. The highest BCUT2D eigenvalue weighted by Gasteiger charge is 2.36. The summed E-state index contributed by atoms with van der Waals surface area (Å²) in [6.45, 7) is 4.73. The van der Waals surface area contributed by atoms with Crippen molar-refractivity contribution in [2.75, 3.05) is 4.90 Å². The summed E-state index contributed by atoms with van der Waals surface area (Å²) in [4.78, 5) is 2.50. The van der Waals surface area contributed by atoms with Gasteiger partial charge in [-0.3, -0.25) is 0 Å². The Labute approximate surface area is 302 Å². The number of hydrogen-bond acceptors (Lipinski definition) is 2. The number of nitrogens with zero attached hydrogens (tertiary/aromatic N) is 1. The van der Waals surface area contributed by atoms with Gasteiger partial charge in [0.2, 0.25) is 0 Å². The van der Waals surface area contributed by atoms with Crippen LogP contribution in [-0.2, 0) is 5.41 Å². The molecule has 0 saturated heterocycles. The number of rotatable bonds is 5. The Bertz CT molecular complexity index is 2760. The minimum atomic E-state index is -0.105. The summed E-state index contributed by atoms with van der Waals surface area (Å²) in [6, 6.07) is 64.8. The first-order valence-corrected chi connectivity index (χ1v) is 18.5. The summed E-state index contributed by atoms with van der Waals surface area (Å²) in [5.41, 5.74) is 13.7. The molecule has 1 heterocycles. The van der Waals surface area contributed by atoms with Crippen LogP contribution >= 0.6 is 11.3 Å². The van der Waals surface area contributed by atoms with E-state index in [-0.39, 0.29) is 5.41 Å². The third kappa shape index (κ3) is 4.75. The predicted molar refractivity (Wildman–Crippen MR) is 220 cm³/mol. The Morgan fingerprint density at radius 3 is 1.84 bits per heavy atom. The van der Waals surface area contributed by atoms with E-state index in [1.807, 2.05) is 11.3 Å². The van der Waals surface area contributed by atoms with Gasteiger partial charge in [0.05, 0.1) is 5.69 Å². The largest absolute Gasteiger partial charge is 0.310 e. The zero-order chi connectivity index (χ0) is 34.1. The van der Waals surface area contributed by atoms with E-state index in [1.54, 1.807) is 0 Å². The van der Waals surface area contributed by atoms with Crippen molar-refractivity contribution in [3.8, 4) is 33.4 Å². The zero-order valence-corrected chi connectivity index (χ0v) is 29.4. The van der Waals surface area contributed by atoms with Gasteiger partial charge in [-0.05, 0) is 92.4 Å². The van der Waals surface area contributed by atoms with Crippen LogP contribution in [0.25, 0.3) is 64.3 Å². The molecule has 0 unspecified atom stereocenters. The lowest BCUT2D eigenvalue weighted by Gasteiger charge is -2.29. The molecule has 0 saturated carbocycles. The van der Waals surface area contributed by atoms with E-state index in [0.29, 0.717) is 0 Å². The van der Waals surface area contributed by atoms with Crippen molar-refractivity contribution in [3.63, 3.8) is 0 Å². The van der Waals surface area contributed by atoms with Gasteiger partial charge in [-0.15, -0.1) is 11.3 Å². The molecule has 2 heteroatoms. The molecular weight excluding hydrogens is 635 g/mol. The van der Waals surface area contributed by atoms with Crippen molar-refractivity contribution in [1.82, 2.24) is 0 Å². The Morgan fingerprint density at radius 2 is 1.06 bits per heavy atom. The molecule has 0 radical (unpaired) electrons. The van der Waals surface area contributed by atoms with Gasteiger partial charge in [0.1, 0.15) is 0 Å². The third-order valence-corrected chi connectivity index (χ3v) is 12.1. The van der Waals surface area contributed by atoms with Gasteiger partial charge in [0, 0.05) is 42.3 Å². The van der Waals surface area contributed by atoms with E-state index in [2.05, 4.69) is 195 Å². The Hall–Kier alpha value is -5.96. The molecule has 9 aromatic rings. The van der Waals surface area contributed by atoms with Crippen LogP contribution in [0.4, 0.5) is 17.1 Å². The lowest BCUT2D eigenvalue weighted by molar-refractivity contribution is 0.660. The second kappa shape index (κ2) is 11.6. The van der Waals surface area contributed by atoms with Crippen LogP contribution < -0.4 is 4.90 Å². The summed E-state index contributed by atoms with van der Waals surface area (Å²) in [5, 5.41) is 5.12. The highest BCUT2D eigenvalue weighted by atomic mass is 32.1. The van der Waals surface area contributed by atoms with Crippen LogP contribution in [0.5, 0.6) is 0 Å². The summed E-state index contributed by atoms with van der Waals surface area (Å²) >= 11 is 1.90. The number of anilines is 3. The molecule has 0 atom stereocenters. The molecule has 10 rings (SSSR count). The molecule has 8 aromatic carbocycles. The molecule has 0 fully saturated rings. The minimum Gasteiger partial charge on any atom is -0.310 e. The van der Waals surface area contributed by atoms with E-state index < -0.39 is 0 Å². The van der Waals surface area contributed by atoms with Crippen molar-refractivity contribution < 1.29 is 0 Å². The summed E-state index contributed by atoms with van der Waals surface area (Å²) < 4.78 is 2.62. The molecule has 1 nitrogen and oxygen atoms in total. The van der Waals surface area contributed by atoms with E-state index >= 15 is 0 Å². The predicted octanol–water partition coefficient (Wildman–Crippen LogP) is 14.3. The fourth-order valence-electron chi connectivity index (χ4n) is 8.27. The SMILES string of the molecule is CC1(C)c2ccccc2-c2ccc(N(c3ccc(-c4ccccc4)cc3)c3cc4ccc(-c5ccccc5)cc4c4sc5ccccc5c34)cc21. The number of benzene rings is 8. The Balaban J connectivity index is 1.24. The maximum absolute atomic E-state index is 2.50. The summed E-state index contributed by atoms with van der Waals surface area (Å²) in [6.07, 6.45) is 0. The average molecular weight is 670 g/mol. The van der Waals surface area contributed by atoms with Crippen LogP contribution in [0.15, 0.2) is 176 Å². The molecule has 242 valence electrons. The summed E-state index contributed by atoms with van der Waals surface area (Å²) in [7, 11) is 0. The van der Waals surface area contributed by atoms with Gasteiger partial charge in [-0.1, -0.05) is 147 Å². The molecule has 0 bridgehead atoms. The molecule has 0 spiro atoms. The first-order chi connectivity index (χ1) is 25.0. The standard InChI is InChI=1S/C49H35NS/c1-49(2)43-19-11-9-17-39(43)40-28-27-38(31-44(40)49)50(37-25-23-34(24-26-37)32-13-5-3-6-14-32)45-30-36-22-21-35(33-15-7-4-8-16-33)29-42(36)48-47(45)41-18-10-12-20-46(41)51-48/h3-31H,1-2H3. The van der Waals surface area contributed by atoms with Crippen LogP contribution in [0.1, 0.15) is 25.0 Å². The monoisotopic (exact) mass is 669 g/mol. The quantitative estimate of drug-likeness (QED) is 0.176. The second-order valence-corrected chi connectivity index (χ2v) is 15.2. The maximum Gasteiger partial charge on any atom is 0.0561 e. The van der Waals surface area contributed by atoms with Gasteiger partial charge in [0.15, 0.2) is 0 Å². The van der Waals surface area contributed by atoms with Gasteiger partial charge in [-0.25, -0.2) is 0 Å². The van der Waals surface area contributed by atoms with E-state index in [0.717, 1.165) is 5.69 Å². The van der Waals surface area contributed by atoms with Crippen molar-refractivity contribution in [3.05, 3.63) is 187 Å². The second-order valence-electron chi connectivity index (χ2n) is 14.1. The third-order valence-electron chi connectivity index (χ3n) is 10.8. The Kier molecular flexibility index (Phi) is 6.78. The van der Waals surface area contributed by atoms with Crippen LogP contribution in [0.3, 0.4) is 0 Å².